The molecule has 1 unspecified atom stereocenters. The Bertz CT molecular complexity index is 317. The fraction of sp³-hybridized carbons (Fsp3) is 0.905. The number of aliphatic hydroxyl groups excluding tert-OH is 1. The first-order valence-corrected chi connectivity index (χ1v) is 10.8. The summed E-state index contributed by atoms with van der Waals surface area (Å²) in [6, 6.07) is 0. The Morgan fingerprint density at radius 1 is 1.04 bits per heavy atom. The van der Waals surface area contributed by atoms with Crippen molar-refractivity contribution in [3.8, 4) is 0 Å². The molecule has 142 valence electrons. The van der Waals surface area contributed by atoms with Crippen molar-refractivity contribution in [1.82, 2.24) is 0 Å². The van der Waals surface area contributed by atoms with E-state index in [0.29, 0.717) is 12.3 Å². The molecule has 0 aromatic rings. The van der Waals surface area contributed by atoms with E-state index in [9.17, 15) is 0 Å². The molecule has 3 heteroatoms. The highest BCUT2D eigenvalue weighted by molar-refractivity contribution is 6.18. The minimum Gasteiger partial charge on any atom is -0.368 e. The fourth-order valence-electron chi connectivity index (χ4n) is 3.96. The van der Waals surface area contributed by atoms with Crippen molar-refractivity contribution in [3.05, 3.63) is 12.2 Å². The summed E-state index contributed by atoms with van der Waals surface area (Å²) >= 11 is 6.09. The monoisotopic (exact) mass is 358 g/mol. The quantitative estimate of drug-likeness (QED) is 0.172. The molecule has 0 radical (unpaired) electrons. The van der Waals surface area contributed by atoms with Crippen LogP contribution in [0.3, 0.4) is 0 Å². The van der Waals surface area contributed by atoms with Gasteiger partial charge in [0.15, 0.2) is 6.29 Å². The van der Waals surface area contributed by atoms with Crippen molar-refractivity contribution in [1.29, 1.82) is 0 Å². The maximum absolute atomic E-state index is 8.84. The van der Waals surface area contributed by atoms with Crippen LogP contribution in [0.4, 0.5) is 0 Å². The van der Waals surface area contributed by atoms with Gasteiger partial charge in [0.25, 0.3) is 0 Å². The lowest BCUT2D eigenvalue weighted by atomic mass is 9.89. The Morgan fingerprint density at radius 3 is 2.54 bits per heavy atom. The fourth-order valence-corrected chi connectivity index (χ4v) is 4.24. The molecule has 2 nitrogen and oxygen atoms in total. The zero-order valence-electron chi connectivity index (χ0n) is 15.6. The topological polar surface area (TPSA) is 40.5 Å². The summed E-state index contributed by atoms with van der Waals surface area (Å²) in [6.45, 7) is 2.25. The molecule has 0 aliphatic heterocycles. The third-order valence-electron chi connectivity index (χ3n) is 5.54. The first-order chi connectivity index (χ1) is 11.7. The molecule has 1 aliphatic rings. The van der Waals surface area contributed by atoms with Crippen molar-refractivity contribution in [2.75, 3.05) is 5.88 Å². The third-order valence-corrected chi connectivity index (χ3v) is 5.98. The van der Waals surface area contributed by atoms with E-state index in [1.807, 2.05) is 0 Å². The number of unbranched alkanes of at least 4 members (excludes halogenated alkanes) is 4. The van der Waals surface area contributed by atoms with Gasteiger partial charge in [-0.1, -0.05) is 57.6 Å². The Labute approximate surface area is 154 Å². The Balaban J connectivity index is 2.18. The second kappa shape index (κ2) is 14.2. The summed E-state index contributed by atoms with van der Waals surface area (Å²) in [4.78, 5) is 0. The van der Waals surface area contributed by atoms with Crippen LogP contribution in [0.2, 0.25) is 0 Å². The molecule has 1 aliphatic carbocycles. The Kier molecular flexibility index (Phi) is 13.0. The first-order valence-electron chi connectivity index (χ1n) is 10.3. The number of hydrogen-bond acceptors (Lipinski definition) is 2. The minimum absolute atomic E-state index is 0.522. The van der Waals surface area contributed by atoms with E-state index in [1.165, 1.54) is 57.8 Å². The number of rotatable bonds is 14. The summed E-state index contributed by atoms with van der Waals surface area (Å²) in [6.07, 6.45) is 19.3. The molecule has 0 bridgehead atoms. The maximum Gasteiger partial charge on any atom is 0.151 e. The van der Waals surface area contributed by atoms with Crippen LogP contribution in [-0.4, -0.2) is 22.4 Å². The van der Waals surface area contributed by atoms with E-state index in [2.05, 4.69) is 19.1 Å². The van der Waals surface area contributed by atoms with Crippen molar-refractivity contribution < 1.29 is 10.2 Å². The second-order valence-corrected chi connectivity index (χ2v) is 7.96. The lowest BCUT2D eigenvalue weighted by molar-refractivity contribution is -0.0466. The van der Waals surface area contributed by atoms with Gasteiger partial charge in [-0.2, -0.15) is 0 Å². The number of alkyl halides is 1. The average Bonchev–Trinajstić information content (AvgIpc) is 3.01. The predicted octanol–water partition coefficient (Wildman–Crippen LogP) is 6.05. The largest absolute Gasteiger partial charge is 0.368 e. The summed E-state index contributed by atoms with van der Waals surface area (Å²) in [5.74, 6) is 3.10. The molecule has 0 aromatic heterocycles. The van der Waals surface area contributed by atoms with E-state index in [-0.39, 0.29) is 0 Å². The van der Waals surface area contributed by atoms with E-state index in [0.717, 1.165) is 37.0 Å². The Morgan fingerprint density at radius 2 is 1.83 bits per heavy atom. The predicted molar refractivity (Wildman–Crippen MR) is 104 cm³/mol. The van der Waals surface area contributed by atoms with Gasteiger partial charge < -0.3 is 10.2 Å². The van der Waals surface area contributed by atoms with Crippen LogP contribution in [0.25, 0.3) is 0 Å². The van der Waals surface area contributed by atoms with Crippen molar-refractivity contribution in [3.63, 3.8) is 0 Å². The van der Waals surface area contributed by atoms with Crippen LogP contribution in [0.5, 0.6) is 0 Å². The van der Waals surface area contributed by atoms with Crippen LogP contribution < -0.4 is 0 Å². The van der Waals surface area contributed by atoms with Gasteiger partial charge in [-0.3, -0.25) is 0 Å². The van der Waals surface area contributed by atoms with E-state index < -0.39 is 6.29 Å². The molecular weight excluding hydrogens is 320 g/mol. The van der Waals surface area contributed by atoms with Gasteiger partial charge in [0.2, 0.25) is 0 Å². The van der Waals surface area contributed by atoms with Crippen LogP contribution in [0.15, 0.2) is 12.2 Å². The third kappa shape index (κ3) is 10.1. The standard InChI is InChI=1S/C21H39ClO2/c1-2-3-10-18(17-22)11-8-13-20-15-9-14-19(20)12-6-4-5-7-16-21(23)24/h8,13,18-21,23-24H,2-7,9-12,14-17H2,1H3/b13-8+/t18?,19-,20-/m0/s1. The summed E-state index contributed by atoms with van der Waals surface area (Å²) in [5.41, 5.74) is 0. The lowest BCUT2D eigenvalue weighted by Gasteiger charge is -2.17. The van der Waals surface area contributed by atoms with Crippen molar-refractivity contribution in [2.24, 2.45) is 17.8 Å². The van der Waals surface area contributed by atoms with Crippen molar-refractivity contribution in [2.45, 2.75) is 96.7 Å². The zero-order chi connectivity index (χ0) is 17.6. The highest BCUT2D eigenvalue weighted by Gasteiger charge is 2.24. The first kappa shape index (κ1) is 22.0. The van der Waals surface area contributed by atoms with Crippen LogP contribution in [-0.2, 0) is 0 Å². The number of halogens is 1. The normalized spacial score (nSPS) is 22.7. The molecule has 0 aromatic carbocycles. The van der Waals surface area contributed by atoms with Gasteiger partial charge in [-0.05, 0) is 62.7 Å². The molecule has 0 saturated heterocycles. The van der Waals surface area contributed by atoms with Gasteiger partial charge >= 0.3 is 0 Å². The molecule has 24 heavy (non-hydrogen) atoms. The molecule has 0 heterocycles. The summed E-state index contributed by atoms with van der Waals surface area (Å²) < 4.78 is 0. The Hall–Kier alpha value is -0.0500. The van der Waals surface area contributed by atoms with Crippen LogP contribution in [0.1, 0.15) is 90.4 Å². The van der Waals surface area contributed by atoms with Gasteiger partial charge in [0, 0.05) is 5.88 Å². The second-order valence-electron chi connectivity index (χ2n) is 7.65. The maximum atomic E-state index is 8.84. The van der Waals surface area contributed by atoms with Gasteiger partial charge in [-0.25, -0.2) is 0 Å². The minimum atomic E-state index is -1.12. The van der Waals surface area contributed by atoms with Crippen molar-refractivity contribution >= 4 is 11.6 Å². The van der Waals surface area contributed by atoms with Gasteiger partial charge in [-0.15, -0.1) is 11.6 Å². The molecular formula is C21H39ClO2. The lowest BCUT2D eigenvalue weighted by Crippen LogP contribution is -2.06. The van der Waals surface area contributed by atoms with Crippen LogP contribution >= 0.6 is 11.6 Å². The highest BCUT2D eigenvalue weighted by atomic mass is 35.5. The molecule has 1 rings (SSSR count). The van der Waals surface area contributed by atoms with E-state index in [1.54, 1.807) is 0 Å². The number of hydrogen-bond donors (Lipinski definition) is 2. The summed E-state index contributed by atoms with van der Waals surface area (Å²) in [5, 5.41) is 17.7. The van der Waals surface area contributed by atoms with Crippen LogP contribution in [0, 0.1) is 17.8 Å². The molecule has 1 saturated carbocycles. The molecule has 3 atom stereocenters. The molecule has 0 spiro atoms. The number of allylic oxidation sites excluding steroid dienone is 2. The zero-order valence-corrected chi connectivity index (χ0v) is 16.4. The van der Waals surface area contributed by atoms with Gasteiger partial charge in [0.05, 0.1) is 0 Å². The smallest absolute Gasteiger partial charge is 0.151 e. The number of aliphatic hydroxyl groups is 2. The SMILES string of the molecule is CCCCC(CCl)C/C=C/[C@H]1CCC[C@@H]1CCCCCCC(O)O. The molecule has 1 fully saturated rings. The van der Waals surface area contributed by atoms with E-state index >= 15 is 0 Å². The highest BCUT2D eigenvalue weighted by Crippen LogP contribution is 2.36. The van der Waals surface area contributed by atoms with Gasteiger partial charge in [0.1, 0.15) is 0 Å². The molecule has 2 N–H and O–H groups in total. The molecule has 0 amide bonds. The van der Waals surface area contributed by atoms with E-state index in [4.69, 9.17) is 21.8 Å². The summed E-state index contributed by atoms with van der Waals surface area (Å²) in [7, 11) is 0. The average molecular weight is 359 g/mol.